The van der Waals surface area contributed by atoms with Gasteiger partial charge >= 0.3 is 12.0 Å². The zero-order valence-electron chi connectivity index (χ0n) is 10.5. The number of carbonyl (C=O) groups is 2. The molecule has 1 saturated carbocycles. The van der Waals surface area contributed by atoms with E-state index >= 15 is 0 Å². The number of hydrogen-bond acceptors (Lipinski definition) is 3. The molecule has 0 aromatic carbocycles. The van der Waals surface area contributed by atoms with Crippen molar-refractivity contribution in [3.63, 3.8) is 0 Å². The van der Waals surface area contributed by atoms with Gasteiger partial charge in [0.15, 0.2) is 0 Å². The van der Waals surface area contributed by atoms with Gasteiger partial charge in [-0.2, -0.15) is 0 Å². The second kappa shape index (κ2) is 5.56. The zero-order chi connectivity index (χ0) is 13.0. The molecule has 1 heterocycles. The molecule has 1 saturated heterocycles. The third-order valence-electron chi connectivity index (χ3n) is 3.76. The van der Waals surface area contributed by atoms with E-state index in [-0.39, 0.29) is 6.03 Å². The molecule has 2 N–H and O–H groups in total. The molecule has 0 atom stereocenters. The van der Waals surface area contributed by atoms with Crippen molar-refractivity contribution in [3.8, 4) is 0 Å². The molecule has 1 aliphatic carbocycles. The number of amides is 2. The third-order valence-corrected chi connectivity index (χ3v) is 3.76. The normalized spacial score (nSPS) is 23.4. The molecule has 0 aromatic rings. The molecule has 2 amide bonds. The molecule has 2 aliphatic rings. The summed E-state index contributed by atoms with van der Waals surface area (Å²) in [5.41, 5.74) is -1.06. The minimum atomic E-state index is -1.06. The summed E-state index contributed by atoms with van der Waals surface area (Å²) in [5.74, 6) is -0.913. The number of aliphatic carboxylic acids is 1. The van der Waals surface area contributed by atoms with E-state index < -0.39 is 11.5 Å². The largest absolute Gasteiger partial charge is 0.480 e. The molecular formula is C12H20N2O4. The molecule has 0 spiro atoms. The van der Waals surface area contributed by atoms with Crippen molar-refractivity contribution in [2.45, 2.75) is 37.6 Å². The summed E-state index contributed by atoms with van der Waals surface area (Å²) in [4.78, 5) is 25.1. The number of rotatable bonds is 2. The summed E-state index contributed by atoms with van der Waals surface area (Å²) in [5, 5.41) is 12.1. The monoisotopic (exact) mass is 256 g/mol. The molecule has 102 valence electrons. The number of morpholine rings is 1. The Hall–Kier alpha value is -1.30. The van der Waals surface area contributed by atoms with E-state index in [1.165, 1.54) is 0 Å². The molecule has 1 aliphatic heterocycles. The van der Waals surface area contributed by atoms with Gasteiger partial charge in [-0.05, 0) is 12.8 Å². The number of hydrogen-bond donors (Lipinski definition) is 2. The van der Waals surface area contributed by atoms with Gasteiger partial charge in [0.2, 0.25) is 0 Å². The van der Waals surface area contributed by atoms with Crippen LogP contribution in [0.1, 0.15) is 32.1 Å². The second-order valence-electron chi connectivity index (χ2n) is 4.98. The lowest BCUT2D eigenvalue weighted by Gasteiger charge is -2.37. The van der Waals surface area contributed by atoms with Crippen LogP contribution >= 0.6 is 0 Å². The summed E-state index contributed by atoms with van der Waals surface area (Å²) < 4.78 is 5.17. The summed E-state index contributed by atoms with van der Waals surface area (Å²) >= 11 is 0. The fraction of sp³-hybridized carbons (Fsp3) is 0.833. The Morgan fingerprint density at radius 3 is 2.28 bits per heavy atom. The van der Waals surface area contributed by atoms with Crippen molar-refractivity contribution >= 4 is 12.0 Å². The first-order chi connectivity index (χ1) is 8.64. The van der Waals surface area contributed by atoms with Gasteiger partial charge in [0.25, 0.3) is 0 Å². The zero-order valence-corrected chi connectivity index (χ0v) is 10.5. The predicted octanol–water partition coefficient (Wildman–Crippen LogP) is 0.816. The Kier molecular flexibility index (Phi) is 4.06. The van der Waals surface area contributed by atoms with Crippen LogP contribution in [0.2, 0.25) is 0 Å². The predicted molar refractivity (Wildman–Crippen MR) is 64.4 cm³/mol. The molecule has 0 aromatic heterocycles. The first-order valence-electron chi connectivity index (χ1n) is 6.52. The lowest BCUT2D eigenvalue weighted by atomic mass is 9.82. The Labute approximate surface area is 106 Å². The van der Waals surface area contributed by atoms with Crippen LogP contribution in [0.25, 0.3) is 0 Å². The van der Waals surface area contributed by atoms with Gasteiger partial charge in [-0.25, -0.2) is 9.59 Å². The van der Waals surface area contributed by atoms with Crippen LogP contribution in [-0.4, -0.2) is 53.8 Å². The highest BCUT2D eigenvalue weighted by atomic mass is 16.5. The summed E-state index contributed by atoms with van der Waals surface area (Å²) in [6.07, 6.45) is 3.81. The molecule has 0 unspecified atom stereocenters. The second-order valence-corrected chi connectivity index (χ2v) is 4.98. The van der Waals surface area contributed by atoms with Crippen LogP contribution in [0, 0.1) is 0 Å². The van der Waals surface area contributed by atoms with E-state index in [9.17, 15) is 14.7 Å². The number of nitrogens with one attached hydrogen (secondary N) is 1. The van der Waals surface area contributed by atoms with Crippen LogP contribution in [0.4, 0.5) is 4.79 Å². The SMILES string of the molecule is O=C(NC1(C(=O)O)CCCCC1)N1CCOCC1. The van der Waals surface area contributed by atoms with Gasteiger partial charge in [-0.1, -0.05) is 19.3 Å². The van der Waals surface area contributed by atoms with Crippen LogP contribution in [0.5, 0.6) is 0 Å². The van der Waals surface area contributed by atoms with Gasteiger partial charge in [-0.3, -0.25) is 0 Å². The van der Waals surface area contributed by atoms with E-state index in [1.807, 2.05) is 0 Å². The standard InChI is InChI=1S/C12H20N2O4/c15-10(16)12(4-2-1-3-5-12)13-11(17)14-6-8-18-9-7-14/h1-9H2,(H,13,17)(H,15,16). The highest BCUT2D eigenvalue weighted by Crippen LogP contribution is 2.28. The number of carboxylic acids is 1. The number of carbonyl (C=O) groups excluding carboxylic acids is 1. The minimum absolute atomic E-state index is 0.275. The van der Waals surface area contributed by atoms with Gasteiger partial charge in [0.05, 0.1) is 13.2 Å². The lowest BCUT2D eigenvalue weighted by Crippen LogP contribution is -2.59. The van der Waals surface area contributed by atoms with Gasteiger partial charge < -0.3 is 20.1 Å². The number of ether oxygens (including phenoxy) is 1. The van der Waals surface area contributed by atoms with Gasteiger partial charge in [0, 0.05) is 13.1 Å². The molecule has 0 bridgehead atoms. The average Bonchev–Trinajstić information content (AvgIpc) is 2.40. The quantitative estimate of drug-likeness (QED) is 0.766. The molecular weight excluding hydrogens is 236 g/mol. The van der Waals surface area contributed by atoms with E-state index in [0.717, 1.165) is 19.3 Å². The Morgan fingerprint density at radius 2 is 1.72 bits per heavy atom. The van der Waals surface area contributed by atoms with Gasteiger partial charge in [0.1, 0.15) is 5.54 Å². The minimum Gasteiger partial charge on any atom is -0.480 e. The molecule has 2 rings (SSSR count). The summed E-state index contributed by atoms with van der Waals surface area (Å²) in [7, 11) is 0. The van der Waals surface area contributed by atoms with Crippen molar-refractivity contribution in [1.29, 1.82) is 0 Å². The van der Waals surface area contributed by atoms with Crippen LogP contribution in [-0.2, 0) is 9.53 Å². The molecule has 18 heavy (non-hydrogen) atoms. The Balaban J connectivity index is 1.99. The number of urea groups is 1. The fourth-order valence-corrected chi connectivity index (χ4v) is 2.60. The highest BCUT2D eigenvalue weighted by Gasteiger charge is 2.41. The topological polar surface area (TPSA) is 78.9 Å². The lowest BCUT2D eigenvalue weighted by molar-refractivity contribution is -0.146. The smallest absolute Gasteiger partial charge is 0.329 e. The maximum atomic E-state index is 12.1. The van der Waals surface area contributed by atoms with Crippen molar-refractivity contribution < 1.29 is 19.4 Å². The Bertz CT molecular complexity index is 320. The summed E-state index contributed by atoms with van der Waals surface area (Å²) in [6, 6.07) is -0.275. The van der Waals surface area contributed by atoms with E-state index in [0.29, 0.717) is 39.1 Å². The van der Waals surface area contributed by atoms with Crippen LogP contribution < -0.4 is 5.32 Å². The first kappa shape index (κ1) is 13.1. The van der Waals surface area contributed by atoms with Crippen molar-refractivity contribution in [2.24, 2.45) is 0 Å². The average molecular weight is 256 g/mol. The van der Waals surface area contributed by atoms with Crippen molar-refractivity contribution in [3.05, 3.63) is 0 Å². The third kappa shape index (κ3) is 2.75. The van der Waals surface area contributed by atoms with Gasteiger partial charge in [-0.15, -0.1) is 0 Å². The van der Waals surface area contributed by atoms with E-state index in [1.54, 1.807) is 4.90 Å². The highest BCUT2D eigenvalue weighted by molar-refractivity contribution is 5.86. The fourth-order valence-electron chi connectivity index (χ4n) is 2.60. The van der Waals surface area contributed by atoms with E-state index in [2.05, 4.69) is 5.32 Å². The maximum Gasteiger partial charge on any atom is 0.329 e. The number of nitrogens with zero attached hydrogens (tertiary/aromatic N) is 1. The first-order valence-corrected chi connectivity index (χ1v) is 6.52. The molecule has 0 radical (unpaired) electrons. The maximum absolute atomic E-state index is 12.1. The van der Waals surface area contributed by atoms with E-state index in [4.69, 9.17) is 4.74 Å². The molecule has 2 fully saturated rings. The Morgan fingerprint density at radius 1 is 1.11 bits per heavy atom. The van der Waals surface area contributed by atoms with Crippen molar-refractivity contribution in [1.82, 2.24) is 10.2 Å². The van der Waals surface area contributed by atoms with Crippen LogP contribution in [0.15, 0.2) is 0 Å². The molecule has 6 nitrogen and oxygen atoms in total. The summed E-state index contributed by atoms with van der Waals surface area (Å²) in [6.45, 7) is 2.10. The molecule has 6 heteroatoms. The van der Waals surface area contributed by atoms with Crippen molar-refractivity contribution in [2.75, 3.05) is 26.3 Å². The van der Waals surface area contributed by atoms with Crippen LogP contribution in [0.3, 0.4) is 0 Å². The number of carboxylic acid groups (broad SMARTS) is 1.